The maximum atomic E-state index is 12.7. The van der Waals surface area contributed by atoms with Gasteiger partial charge >= 0.3 is 5.97 Å². The van der Waals surface area contributed by atoms with Gasteiger partial charge in [-0.2, -0.15) is 5.26 Å². The molecule has 9 heteroatoms. The summed E-state index contributed by atoms with van der Waals surface area (Å²) in [6, 6.07) is 9.22. The van der Waals surface area contributed by atoms with Crippen molar-refractivity contribution in [3.63, 3.8) is 0 Å². The number of nitriles is 1. The minimum atomic E-state index is -0.782. The number of nitrogens with one attached hydrogen (secondary N) is 1. The first-order chi connectivity index (χ1) is 14.9. The minimum Gasteiger partial charge on any atom is -0.492 e. The third kappa shape index (κ3) is 6.57. The van der Waals surface area contributed by atoms with Crippen molar-refractivity contribution in [3.8, 4) is 11.8 Å². The SMILES string of the molecule is C=CCOC(=O)/C(C#N)=c1\s/c(=C/Nc2ccc(OCCN(C)C)cc2)c(=O)n1CC. The largest absolute Gasteiger partial charge is 0.492 e. The summed E-state index contributed by atoms with van der Waals surface area (Å²) in [6.07, 6.45) is 2.98. The molecule has 0 fully saturated rings. The number of rotatable bonds is 10. The maximum absolute atomic E-state index is 12.7. The van der Waals surface area contributed by atoms with Crippen LogP contribution in [-0.2, 0) is 16.1 Å². The summed E-state index contributed by atoms with van der Waals surface area (Å²) >= 11 is 1.06. The van der Waals surface area contributed by atoms with E-state index in [0.717, 1.165) is 29.3 Å². The molecule has 8 nitrogen and oxygen atoms in total. The highest BCUT2D eigenvalue weighted by Crippen LogP contribution is 2.15. The number of likely N-dealkylation sites (N-methyl/N-ethyl adjacent to an activating group) is 1. The predicted molar refractivity (Wildman–Crippen MR) is 122 cm³/mol. The van der Waals surface area contributed by atoms with Gasteiger partial charge in [-0.1, -0.05) is 12.7 Å². The monoisotopic (exact) mass is 442 g/mol. The molecule has 0 atom stereocenters. The normalized spacial score (nSPS) is 12.3. The van der Waals surface area contributed by atoms with Gasteiger partial charge in [0.25, 0.3) is 5.56 Å². The molecule has 2 rings (SSSR count). The Kier molecular flexibility index (Phi) is 9.06. The summed E-state index contributed by atoms with van der Waals surface area (Å²) in [4.78, 5) is 26.9. The molecule has 0 bridgehead atoms. The zero-order valence-electron chi connectivity index (χ0n) is 17.9. The smallest absolute Gasteiger partial charge is 0.352 e. The van der Waals surface area contributed by atoms with Crippen LogP contribution in [0.3, 0.4) is 0 Å². The van der Waals surface area contributed by atoms with Crippen molar-refractivity contribution in [2.24, 2.45) is 0 Å². The first-order valence-electron chi connectivity index (χ1n) is 9.67. The van der Waals surface area contributed by atoms with Crippen molar-refractivity contribution >= 4 is 34.8 Å². The van der Waals surface area contributed by atoms with Gasteiger partial charge in [0.1, 0.15) is 34.2 Å². The zero-order valence-corrected chi connectivity index (χ0v) is 18.7. The number of esters is 1. The fourth-order valence-corrected chi connectivity index (χ4v) is 3.60. The van der Waals surface area contributed by atoms with Crippen molar-refractivity contribution < 1.29 is 14.3 Å². The minimum absolute atomic E-state index is 0.0128. The standard InChI is InChI=1S/C22H26N4O4S/c1-5-12-30-22(28)18(14-23)21-26(6-2)20(27)19(31-21)15-24-16-7-9-17(10-8-16)29-13-11-25(3)4/h5,7-10,15,24H,1,6,11-13H2,2-4H3/b19-15+,21-18-. The van der Waals surface area contributed by atoms with Crippen LogP contribution >= 0.6 is 11.3 Å². The molecule has 1 N–H and O–H groups in total. The second kappa shape index (κ2) is 11.7. The Bertz CT molecular complexity index is 1120. The lowest BCUT2D eigenvalue weighted by molar-refractivity contribution is -0.135. The molecule has 0 aliphatic rings. The summed E-state index contributed by atoms with van der Waals surface area (Å²) in [5, 5.41) is 12.5. The van der Waals surface area contributed by atoms with Gasteiger partial charge in [-0.3, -0.25) is 9.36 Å². The third-order valence-corrected chi connectivity index (χ3v) is 5.25. The van der Waals surface area contributed by atoms with Gasteiger partial charge in [0, 0.05) is 25.0 Å². The number of thiazole rings is 1. The third-order valence-electron chi connectivity index (χ3n) is 4.12. The molecule has 1 aromatic heterocycles. The topological polar surface area (TPSA) is 96.6 Å². The van der Waals surface area contributed by atoms with Crippen LogP contribution in [0.5, 0.6) is 5.75 Å². The Hall–Kier alpha value is -3.35. The molecule has 164 valence electrons. The number of carbonyl (C=O) groups excluding carboxylic acids is 1. The molecule has 0 saturated heterocycles. The van der Waals surface area contributed by atoms with Gasteiger partial charge in [-0.15, -0.1) is 11.3 Å². The molecular weight excluding hydrogens is 416 g/mol. The van der Waals surface area contributed by atoms with Crippen molar-refractivity contribution in [1.82, 2.24) is 9.47 Å². The molecule has 0 aliphatic heterocycles. The highest BCUT2D eigenvalue weighted by atomic mass is 32.1. The molecule has 2 aromatic rings. The second-order valence-corrected chi connectivity index (χ2v) is 7.69. The van der Waals surface area contributed by atoms with Crippen molar-refractivity contribution in [2.75, 3.05) is 39.2 Å². The van der Waals surface area contributed by atoms with Crippen LogP contribution in [0.25, 0.3) is 11.8 Å². The highest BCUT2D eigenvalue weighted by molar-refractivity contribution is 7.07. The summed E-state index contributed by atoms with van der Waals surface area (Å²) in [5.41, 5.74) is 0.278. The van der Waals surface area contributed by atoms with E-state index in [9.17, 15) is 14.9 Å². The molecule has 0 amide bonds. The summed E-state index contributed by atoms with van der Waals surface area (Å²) in [6.45, 7) is 6.96. The van der Waals surface area contributed by atoms with E-state index in [1.54, 1.807) is 13.1 Å². The van der Waals surface area contributed by atoms with Crippen LogP contribution in [-0.4, -0.2) is 49.3 Å². The van der Waals surface area contributed by atoms with Crippen LogP contribution in [0, 0.1) is 11.3 Å². The quantitative estimate of drug-likeness (QED) is 0.435. The van der Waals surface area contributed by atoms with E-state index in [-0.39, 0.29) is 22.4 Å². The van der Waals surface area contributed by atoms with Gasteiger partial charge in [-0.25, -0.2) is 4.79 Å². The Labute approximate surface area is 184 Å². The van der Waals surface area contributed by atoms with Crippen molar-refractivity contribution in [2.45, 2.75) is 13.5 Å². The van der Waals surface area contributed by atoms with Crippen LogP contribution in [0.1, 0.15) is 6.92 Å². The predicted octanol–water partition coefficient (Wildman–Crippen LogP) is 1.12. The Morgan fingerprint density at radius 1 is 1.35 bits per heavy atom. The van der Waals surface area contributed by atoms with Gasteiger partial charge in [-0.05, 0) is 45.3 Å². The van der Waals surface area contributed by atoms with Gasteiger partial charge < -0.3 is 19.7 Å². The number of aromatic nitrogens is 1. The number of hydrogen-bond acceptors (Lipinski definition) is 8. The van der Waals surface area contributed by atoms with Crippen LogP contribution in [0.4, 0.5) is 5.69 Å². The number of benzene rings is 1. The lowest BCUT2D eigenvalue weighted by atomic mass is 10.3. The van der Waals surface area contributed by atoms with Gasteiger partial charge in [0.05, 0.1) is 0 Å². The second-order valence-electron chi connectivity index (χ2n) is 6.66. The first-order valence-corrected chi connectivity index (χ1v) is 10.5. The molecule has 0 unspecified atom stereocenters. The number of carbonyl (C=O) groups is 1. The lowest BCUT2D eigenvalue weighted by Crippen LogP contribution is -2.32. The number of anilines is 1. The van der Waals surface area contributed by atoms with Crippen molar-refractivity contribution in [3.05, 3.63) is 56.5 Å². The summed E-state index contributed by atoms with van der Waals surface area (Å²) in [7, 11) is 3.96. The highest BCUT2D eigenvalue weighted by Gasteiger charge is 2.16. The molecule has 0 radical (unpaired) electrons. The van der Waals surface area contributed by atoms with Crippen LogP contribution < -0.4 is 24.8 Å². The summed E-state index contributed by atoms with van der Waals surface area (Å²) < 4.78 is 12.6. The molecular formula is C22H26N4O4S. The number of hydrogen-bond donors (Lipinski definition) is 1. The van der Waals surface area contributed by atoms with Crippen molar-refractivity contribution in [1.29, 1.82) is 5.26 Å². The maximum Gasteiger partial charge on any atom is 0.352 e. The first kappa shape index (κ1) is 23.9. The number of nitrogens with zero attached hydrogens (tertiary/aromatic N) is 3. The van der Waals surface area contributed by atoms with E-state index >= 15 is 0 Å². The summed E-state index contributed by atoms with van der Waals surface area (Å²) in [5.74, 6) is -0.0272. The molecule has 1 aromatic carbocycles. The molecule has 0 spiro atoms. The zero-order chi connectivity index (χ0) is 22.8. The van der Waals surface area contributed by atoms with E-state index in [1.807, 2.05) is 49.3 Å². The van der Waals surface area contributed by atoms with Crippen LogP contribution in [0.15, 0.2) is 41.7 Å². The van der Waals surface area contributed by atoms with Gasteiger partial charge in [0.15, 0.2) is 5.57 Å². The molecule has 1 heterocycles. The van der Waals surface area contributed by atoms with E-state index in [0.29, 0.717) is 17.7 Å². The molecule has 0 saturated carbocycles. The van der Waals surface area contributed by atoms with Crippen LogP contribution in [0.2, 0.25) is 0 Å². The molecule has 31 heavy (non-hydrogen) atoms. The average molecular weight is 443 g/mol. The van der Waals surface area contributed by atoms with E-state index < -0.39 is 5.97 Å². The molecule has 0 aliphatic carbocycles. The number of ether oxygens (including phenoxy) is 2. The Morgan fingerprint density at radius 2 is 2.06 bits per heavy atom. The Balaban J connectivity index is 2.28. The van der Waals surface area contributed by atoms with E-state index in [2.05, 4.69) is 11.9 Å². The average Bonchev–Trinajstić information content (AvgIpc) is 3.07. The Morgan fingerprint density at radius 3 is 2.65 bits per heavy atom. The fraction of sp³-hybridized carbons (Fsp3) is 0.318. The fourth-order valence-electron chi connectivity index (χ4n) is 2.52. The van der Waals surface area contributed by atoms with E-state index in [4.69, 9.17) is 9.47 Å². The van der Waals surface area contributed by atoms with Gasteiger partial charge in [0.2, 0.25) is 0 Å². The lowest BCUT2D eigenvalue weighted by Gasteiger charge is -2.11. The van der Waals surface area contributed by atoms with E-state index in [1.165, 1.54) is 10.6 Å².